The van der Waals surface area contributed by atoms with Gasteiger partial charge in [-0.25, -0.2) is 0 Å². The highest BCUT2D eigenvalue weighted by molar-refractivity contribution is 6.31. The molecule has 0 aliphatic heterocycles. The summed E-state index contributed by atoms with van der Waals surface area (Å²) in [5, 5.41) is 12.8. The summed E-state index contributed by atoms with van der Waals surface area (Å²) in [5.74, 6) is 0.582. The Balaban J connectivity index is 1.70. The number of hydrogen-bond acceptors (Lipinski definition) is 4. The summed E-state index contributed by atoms with van der Waals surface area (Å²) in [7, 11) is 1.53. The SMILES string of the molecule is COc1cc(/C=C(/C#N)C(=O)NCc2ccccc2)ccc1OCc1ccccc1Cl. The van der Waals surface area contributed by atoms with Crippen LogP contribution in [0.3, 0.4) is 0 Å². The first-order valence-corrected chi connectivity index (χ1v) is 9.96. The summed E-state index contributed by atoms with van der Waals surface area (Å²) in [5.41, 5.74) is 2.46. The predicted molar refractivity (Wildman–Crippen MR) is 121 cm³/mol. The zero-order valence-electron chi connectivity index (χ0n) is 17.0. The van der Waals surface area contributed by atoms with Gasteiger partial charge in [0.25, 0.3) is 5.91 Å². The fourth-order valence-electron chi connectivity index (χ4n) is 2.85. The van der Waals surface area contributed by atoms with E-state index in [1.165, 1.54) is 13.2 Å². The van der Waals surface area contributed by atoms with Crippen molar-refractivity contribution in [2.45, 2.75) is 13.2 Å². The molecule has 1 N–H and O–H groups in total. The van der Waals surface area contributed by atoms with Crippen LogP contribution >= 0.6 is 11.6 Å². The number of nitrogens with one attached hydrogen (secondary N) is 1. The lowest BCUT2D eigenvalue weighted by Gasteiger charge is -2.12. The van der Waals surface area contributed by atoms with Crippen LogP contribution in [0.4, 0.5) is 0 Å². The molecule has 0 unspecified atom stereocenters. The molecule has 3 rings (SSSR count). The van der Waals surface area contributed by atoms with Gasteiger partial charge in [-0.1, -0.05) is 66.2 Å². The Morgan fingerprint density at radius 3 is 2.52 bits per heavy atom. The lowest BCUT2D eigenvalue weighted by Crippen LogP contribution is -2.23. The van der Waals surface area contributed by atoms with E-state index >= 15 is 0 Å². The number of hydrogen-bond donors (Lipinski definition) is 1. The van der Waals surface area contributed by atoms with E-state index in [9.17, 15) is 10.1 Å². The quantitative estimate of drug-likeness (QED) is 0.394. The molecule has 0 aromatic heterocycles. The topological polar surface area (TPSA) is 71.3 Å². The molecule has 0 heterocycles. The molecule has 156 valence electrons. The van der Waals surface area contributed by atoms with Gasteiger partial charge in [0.15, 0.2) is 11.5 Å². The Bertz CT molecular complexity index is 1120. The van der Waals surface area contributed by atoms with Gasteiger partial charge in [-0.15, -0.1) is 0 Å². The van der Waals surface area contributed by atoms with Crippen molar-refractivity contribution >= 4 is 23.6 Å². The summed E-state index contributed by atoms with van der Waals surface area (Å²) in [4.78, 5) is 12.4. The largest absolute Gasteiger partial charge is 0.493 e. The van der Waals surface area contributed by atoms with Crippen LogP contribution in [0.1, 0.15) is 16.7 Å². The van der Waals surface area contributed by atoms with Crippen molar-refractivity contribution in [2.75, 3.05) is 7.11 Å². The van der Waals surface area contributed by atoms with Gasteiger partial charge < -0.3 is 14.8 Å². The van der Waals surface area contributed by atoms with Crippen LogP contribution in [0.15, 0.2) is 78.4 Å². The summed E-state index contributed by atoms with van der Waals surface area (Å²) >= 11 is 6.17. The van der Waals surface area contributed by atoms with Gasteiger partial charge in [0.1, 0.15) is 18.2 Å². The standard InChI is InChI=1S/C25H21ClN2O3/c1-30-24-14-19(11-12-23(24)31-17-20-9-5-6-10-22(20)26)13-21(15-27)25(29)28-16-18-7-3-2-4-8-18/h2-14H,16-17H2,1H3,(H,28,29)/b21-13-. The molecule has 0 aliphatic carbocycles. The predicted octanol–water partition coefficient (Wildman–Crippen LogP) is 5.15. The molecule has 0 aliphatic rings. The molecule has 1 amide bonds. The first-order chi connectivity index (χ1) is 15.1. The maximum absolute atomic E-state index is 12.4. The Labute approximate surface area is 186 Å². The van der Waals surface area contributed by atoms with Crippen LogP contribution in [-0.4, -0.2) is 13.0 Å². The zero-order valence-corrected chi connectivity index (χ0v) is 17.7. The van der Waals surface area contributed by atoms with Gasteiger partial charge in [-0.05, 0) is 35.4 Å². The van der Waals surface area contributed by atoms with Crippen LogP contribution in [0.5, 0.6) is 11.5 Å². The summed E-state index contributed by atoms with van der Waals surface area (Å²) in [6.45, 7) is 0.632. The second-order valence-electron chi connectivity index (χ2n) is 6.63. The second-order valence-corrected chi connectivity index (χ2v) is 7.04. The van der Waals surface area contributed by atoms with Crippen molar-refractivity contribution in [3.05, 3.63) is 100 Å². The third-order valence-electron chi connectivity index (χ3n) is 4.50. The van der Waals surface area contributed by atoms with Crippen molar-refractivity contribution in [3.63, 3.8) is 0 Å². The number of halogens is 1. The van der Waals surface area contributed by atoms with E-state index in [1.807, 2.05) is 54.6 Å². The molecule has 6 heteroatoms. The molecule has 0 atom stereocenters. The monoisotopic (exact) mass is 432 g/mol. The van der Waals surface area contributed by atoms with E-state index < -0.39 is 5.91 Å². The summed E-state index contributed by atoms with van der Waals surface area (Å²) in [6.07, 6.45) is 1.51. The molecule has 5 nitrogen and oxygen atoms in total. The first-order valence-electron chi connectivity index (χ1n) is 9.59. The normalized spacial score (nSPS) is 10.8. The third kappa shape index (κ3) is 6.11. The number of benzene rings is 3. The molecule has 0 bridgehead atoms. The van der Waals surface area contributed by atoms with Crippen LogP contribution in [0.2, 0.25) is 5.02 Å². The number of ether oxygens (including phenoxy) is 2. The molecule has 0 saturated heterocycles. The fraction of sp³-hybridized carbons (Fsp3) is 0.120. The van der Waals surface area contributed by atoms with Crippen LogP contribution in [-0.2, 0) is 17.9 Å². The van der Waals surface area contributed by atoms with Crippen molar-refractivity contribution < 1.29 is 14.3 Å². The summed E-state index contributed by atoms with van der Waals surface area (Å²) < 4.78 is 11.3. The van der Waals surface area contributed by atoms with E-state index in [1.54, 1.807) is 24.3 Å². The maximum atomic E-state index is 12.4. The van der Waals surface area contributed by atoms with E-state index in [4.69, 9.17) is 21.1 Å². The number of amides is 1. The Morgan fingerprint density at radius 2 is 1.81 bits per heavy atom. The highest BCUT2D eigenvalue weighted by atomic mass is 35.5. The minimum Gasteiger partial charge on any atom is -0.493 e. The van der Waals surface area contributed by atoms with Gasteiger partial charge in [0.05, 0.1) is 7.11 Å². The van der Waals surface area contributed by atoms with Crippen molar-refractivity contribution in [1.82, 2.24) is 5.32 Å². The molecular formula is C25H21ClN2O3. The number of nitriles is 1. The van der Waals surface area contributed by atoms with Crippen LogP contribution < -0.4 is 14.8 Å². The van der Waals surface area contributed by atoms with Gasteiger partial charge in [-0.3, -0.25) is 4.79 Å². The van der Waals surface area contributed by atoms with Gasteiger partial charge >= 0.3 is 0 Å². The number of rotatable bonds is 8. The Kier molecular flexibility index (Phi) is 7.69. The maximum Gasteiger partial charge on any atom is 0.262 e. The van der Waals surface area contributed by atoms with E-state index in [0.29, 0.717) is 28.6 Å². The number of carbonyl (C=O) groups excluding carboxylic acids is 1. The Morgan fingerprint density at radius 1 is 1.06 bits per heavy atom. The molecule has 31 heavy (non-hydrogen) atoms. The van der Waals surface area contributed by atoms with Gasteiger partial charge in [-0.2, -0.15) is 5.26 Å². The fourth-order valence-corrected chi connectivity index (χ4v) is 3.04. The molecule has 3 aromatic rings. The average molecular weight is 433 g/mol. The lowest BCUT2D eigenvalue weighted by molar-refractivity contribution is -0.117. The van der Waals surface area contributed by atoms with E-state index in [2.05, 4.69) is 5.32 Å². The molecule has 0 saturated carbocycles. The minimum absolute atomic E-state index is 0.00252. The van der Waals surface area contributed by atoms with Crippen LogP contribution in [0, 0.1) is 11.3 Å². The number of methoxy groups -OCH3 is 1. The van der Waals surface area contributed by atoms with Crippen molar-refractivity contribution in [1.29, 1.82) is 5.26 Å². The highest BCUT2D eigenvalue weighted by Crippen LogP contribution is 2.30. The molecule has 3 aromatic carbocycles. The highest BCUT2D eigenvalue weighted by Gasteiger charge is 2.11. The molecule has 0 fully saturated rings. The van der Waals surface area contributed by atoms with E-state index in [-0.39, 0.29) is 12.2 Å². The molecule has 0 spiro atoms. The van der Waals surface area contributed by atoms with Crippen molar-refractivity contribution in [3.8, 4) is 17.6 Å². The zero-order chi connectivity index (χ0) is 22.1. The smallest absolute Gasteiger partial charge is 0.262 e. The third-order valence-corrected chi connectivity index (χ3v) is 4.87. The second kappa shape index (κ2) is 10.9. The number of carbonyl (C=O) groups is 1. The Hall–Kier alpha value is -3.75. The minimum atomic E-state index is -0.440. The molecule has 0 radical (unpaired) electrons. The molecular weight excluding hydrogens is 412 g/mol. The van der Waals surface area contributed by atoms with Crippen molar-refractivity contribution in [2.24, 2.45) is 0 Å². The first kappa shape index (κ1) is 21.9. The van der Waals surface area contributed by atoms with Crippen LogP contribution in [0.25, 0.3) is 6.08 Å². The summed E-state index contributed by atoms with van der Waals surface area (Å²) in [6, 6.07) is 24.1. The number of nitrogens with zero attached hydrogens (tertiary/aromatic N) is 1. The van der Waals surface area contributed by atoms with Gasteiger partial charge in [0, 0.05) is 17.1 Å². The van der Waals surface area contributed by atoms with E-state index in [0.717, 1.165) is 11.1 Å². The van der Waals surface area contributed by atoms with Gasteiger partial charge in [0.2, 0.25) is 0 Å². The average Bonchev–Trinajstić information content (AvgIpc) is 2.81. The lowest BCUT2D eigenvalue weighted by atomic mass is 10.1.